The molecule has 0 spiro atoms. The summed E-state index contributed by atoms with van der Waals surface area (Å²) in [6.07, 6.45) is 7.42. The molecule has 0 unspecified atom stereocenters. The van der Waals surface area contributed by atoms with Crippen molar-refractivity contribution in [3.63, 3.8) is 0 Å². The molecule has 3 nitrogen and oxygen atoms in total. The van der Waals surface area contributed by atoms with Crippen LogP contribution >= 0.6 is 0 Å². The maximum Gasteiger partial charge on any atom is 0.309 e. The van der Waals surface area contributed by atoms with Crippen molar-refractivity contribution in [3.05, 3.63) is 0 Å². The van der Waals surface area contributed by atoms with Gasteiger partial charge in [-0.2, -0.15) is 0 Å². The Morgan fingerprint density at radius 1 is 1.44 bits per heavy atom. The van der Waals surface area contributed by atoms with E-state index >= 15 is 0 Å². The van der Waals surface area contributed by atoms with Gasteiger partial charge < -0.3 is 9.84 Å². The Labute approximate surface area is 97.2 Å². The van der Waals surface area contributed by atoms with Crippen molar-refractivity contribution >= 4 is 5.97 Å². The highest BCUT2D eigenvalue weighted by atomic mass is 16.6. The van der Waals surface area contributed by atoms with E-state index in [1.165, 1.54) is 0 Å². The first kappa shape index (κ1) is 13.1. The minimum atomic E-state index is -1.02. The lowest BCUT2D eigenvalue weighted by Gasteiger charge is -2.32. The van der Waals surface area contributed by atoms with E-state index in [4.69, 9.17) is 11.2 Å². The van der Waals surface area contributed by atoms with Gasteiger partial charge in [-0.15, -0.1) is 6.42 Å². The predicted molar refractivity (Wildman–Crippen MR) is 61.6 cm³/mol. The van der Waals surface area contributed by atoms with Crippen LogP contribution < -0.4 is 0 Å². The predicted octanol–water partition coefficient (Wildman–Crippen LogP) is 1.88. The second-order valence-electron chi connectivity index (χ2n) is 5.48. The van der Waals surface area contributed by atoms with Crippen LogP contribution in [0.25, 0.3) is 0 Å². The van der Waals surface area contributed by atoms with Gasteiger partial charge in [-0.3, -0.25) is 4.79 Å². The summed E-state index contributed by atoms with van der Waals surface area (Å²) in [6.45, 7) is 5.56. The molecule has 0 aromatic rings. The Kier molecular flexibility index (Phi) is 3.64. The van der Waals surface area contributed by atoms with Gasteiger partial charge in [0.15, 0.2) is 0 Å². The SMILES string of the molecule is C#C[C@]1(O)CC[C@H](C(=O)OC(C)(C)C)CC1. The van der Waals surface area contributed by atoms with Crippen molar-refractivity contribution < 1.29 is 14.6 Å². The standard InChI is InChI=1S/C13H20O3/c1-5-13(15)8-6-10(7-9-13)11(14)16-12(2,3)4/h1,10,15H,6-9H2,2-4H3/t10-,13-. The van der Waals surface area contributed by atoms with E-state index in [9.17, 15) is 9.90 Å². The van der Waals surface area contributed by atoms with Crippen molar-refractivity contribution in [3.8, 4) is 12.3 Å². The molecule has 1 fully saturated rings. The van der Waals surface area contributed by atoms with Crippen LogP contribution in [0.1, 0.15) is 46.5 Å². The van der Waals surface area contributed by atoms with Crippen LogP contribution in [0.15, 0.2) is 0 Å². The monoisotopic (exact) mass is 224 g/mol. The van der Waals surface area contributed by atoms with Crippen LogP contribution in [0.5, 0.6) is 0 Å². The second kappa shape index (κ2) is 4.47. The number of aliphatic hydroxyl groups is 1. The van der Waals surface area contributed by atoms with Gasteiger partial charge in [0.05, 0.1) is 5.92 Å². The molecule has 90 valence electrons. The van der Waals surface area contributed by atoms with Crippen LogP contribution in [-0.2, 0) is 9.53 Å². The highest BCUT2D eigenvalue weighted by molar-refractivity contribution is 5.73. The van der Waals surface area contributed by atoms with Crippen LogP contribution in [0.4, 0.5) is 0 Å². The number of carbonyl (C=O) groups is 1. The molecule has 1 N–H and O–H groups in total. The number of carbonyl (C=O) groups excluding carboxylic acids is 1. The van der Waals surface area contributed by atoms with E-state index in [0.29, 0.717) is 25.7 Å². The Morgan fingerprint density at radius 3 is 2.31 bits per heavy atom. The number of ether oxygens (including phenoxy) is 1. The van der Waals surface area contributed by atoms with E-state index in [1.54, 1.807) is 0 Å². The van der Waals surface area contributed by atoms with Crippen molar-refractivity contribution in [2.45, 2.75) is 57.7 Å². The van der Waals surface area contributed by atoms with Gasteiger partial charge in [-0.25, -0.2) is 0 Å². The van der Waals surface area contributed by atoms with E-state index < -0.39 is 11.2 Å². The molecule has 0 atom stereocenters. The normalized spacial score (nSPS) is 30.6. The van der Waals surface area contributed by atoms with Gasteiger partial charge in [-0.05, 0) is 46.5 Å². The molecule has 1 rings (SSSR count). The molecule has 0 radical (unpaired) electrons. The summed E-state index contributed by atoms with van der Waals surface area (Å²) >= 11 is 0. The van der Waals surface area contributed by atoms with Crippen LogP contribution in [0.2, 0.25) is 0 Å². The summed E-state index contributed by atoms with van der Waals surface area (Å²) in [5.41, 5.74) is -1.46. The minimum absolute atomic E-state index is 0.118. The summed E-state index contributed by atoms with van der Waals surface area (Å²) in [4.78, 5) is 11.8. The van der Waals surface area contributed by atoms with Gasteiger partial charge in [0.25, 0.3) is 0 Å². The van der Waals surface area contributed by atoms with Gasteiger partial charge in [-0.1, -0.05) is 5.92 Å². The Hall–Kier alpha value is -1.01. The van der Waals surface area contributed by atoms with Crippen molar-refractivity contribution in [1.29, 1.82) is 0 Å². The van der Waals surface area contributed by atoms with E-state index in [-0.39, 0.29) is 11.9 Å². The number of rotatable bonds is 1. The maximum atomic E-state index is 11.8. The molecule has 0 bridgehead atoms. The minimum Gasteiger partial charge on any atom is -0.460 e. The molecule has 3 heteroatoms. The third-order valence-electron chi connectivity index (χ3n) is 2.82. The summed E-state index contributed by atoms with van der Waals surface area (Å²) in [5, 5.41) is 9.82. The number of esters is 1. The number of hydrogen-bond donors (Lipinski definition) is 1. The molecule has 0 aliphatic heterocycles. The zero-order chi connectivity index (χ0) is 12.4. The third kappa shape index (κ3) is 3.53. The highest BCUT2D eigenvalue weighted by Gasteiger charge is 2.35. The molecule has 1 aliphatic rings. The molecule has 0 amide bonds. The first-order valence-electron chi connectivity index (χ1n) is 5.69. The molecule has 0 aromatic carbocycles. The molecule has 1 aliphatic carbocycles. The number of hydrogen-bond acceptors (Lipinski definition) is 3. The van der Waals surface area contributed by atoms with Crippen molar-refractivity contribution in [2.24, 2.45) is 5.92 Å². The largest absolute Gasteiger partial charge is 0.460 e. The first-order valence-corrected chi connectivity index (χ1v) is 5.69. The fraction of sp³-hybridized carbons (Fsp3) is 0.769. The topological polar surface area (TPSA) is 46.5 Å². The van der Waals surface area contributed by atoms with Gasteiger partial charge in [0.2, 0.25) is 0 Å². The summed E-state index contributed by atoms with van der Waals surface area (Å²) in [6, 6.07) is 0. The van der Waals surface area contributed by atoms with Crippen LogP contribution in [0, 0.1) is 18.3 Å². The maximum absolute atomic E-state index is 11.8. The van der Waals surface area contributed by atoms with Crippen molar-refractivity contribution in [1.82, 2.24) is 0 Å². The molecule has 0 saturated heterocycles. The lowest BCUT2D eigenvalue weighted by molar-refractivity contribution is -0.162. The Morgan fingerprint density at radius 2 is 1.94 bits per heavy atom. The summed E-state index contributed by atoms with van der Waals surface area (Å²) < 4.78 is 5.31. The quantitative estimate of drug-likeness (QED) is 0.546. The lowest BCUT2D eigenvalue weighted by atomic mass is 9.79. The highest BCUT2D eigenvalue weighted by Crippen LogP contribution is 2.32. The molecule has 1 saturated carbocycles. The number of terminal acetylenes is 1. The first-order chi connectivity index (χ1) is 7.26. The Bertz CT molecular complexity index is 298. The lowest BCUT2D eigenvalue weighted by Crippen LogP contribution is -2.37. The average Bonchev–Trinajstić information content (AvgIpc) is 2.16. The smallest absolute Gasteiger partial charge is 0.309 e. The average molecular weight is 224 g/mol. The molecule has 0 aromatic heterocycles. The van der Waals surface area contributed by atoms with E-state index in [0.717, 1.165) is 0 Å². The van der Waals surface area contributed by atoms with Gasteiger partial charge >= 0.3 is 5.97 Å². The molecular formula is C13H20O3. The van der Waals surface area contributed by atoms with Gasteiger partial charge in [0.1, 0.15) is 11.2 Å². The fourth-order valence-electron chi connectivity index (χ4n) is 1.86. The van der Waals surface area contributed by atoms with Crippen LogP contribution in [-0.4, -0.2) is 22.3 Å². The second-order valence-corrected chi connectivity index (χ2v) is 5.48. The fourth-order valence-corrected chi connectivity index (χ4v) is 1.86. The van der Waals surface area contributed by atoms with Crippen LogP contribution in [0.3, 0.4) is 0 Å². The zero-order valence-corrected chi connectivity index (χ0v) is 10.2. The van der Waals surface area contributed by atoms with Gasteiger partial charge in [0, 0.05) is 0 Å². The molecular weight excluding hydrogens is 204 g/mol. The molecule has 16 heavy (non-hydrogen) atoms. The summed E-state index contributed by atoms with van der Waals surface area (Å²) in [5.74, 6) is 2.10. The summed E-state index contributed by atoms with van der Waals surface area (Å²) in [7, 11) is 0. The molecule has 0 heterocycles. The Balaban J connectivity index is 2.49. The van der Waals surface area contributed by atoms with E-state index in [1.807, 2.05) is 20.8 Å². The zero-order valence-electron chi connectivity index (χ0n) is 10.2. The van der Waals surface area contributed by atoms with Crippen molar-refractivity contribution in [2.75, 3.05) is 0 Å². The third-order valence-corrected chi connectivity index (χ3v) is 2.82. The van der Waals surface area contributed by atoms with E-state index in [2.05, 4.69) is 5.92 Å².